The smallest absolute Gasteiger partial charge is 0.131 e. The maximum Gasteiger partial charge on any atom is 0.131 e. The highest BCUT2D eigenvalue weighted by atomic mass is 35.5. The van der Waals surface area contributed by atoms with Crippen molar-refractivity contribution >= 4 is 11.6 Å². The Bertz CT molecular complexity index is 967. The summed E-state index contributed by atoms with van der Waals surface area (Å²) in [6, 6.07) is 22.2. The van der Waals surface area contributed by atoms with E-state index in [2.05, 4.69) is 0 Å². The molecule has 0 saturated carbocycles. The molecular weight excluding hydrogens is 414 g/mol. The Morgan fingerprint density at radius 1 is 0.935 bits per heavy atom. The maximum atomic E-state index is 10.1. The molecule has 3 rings (SSSR count). The van der Waals surface area contributed by atoms with E-state index in [4.69, 9.17) is 31.9 Å². The van der Waals surface area contributed by atoms with Crippen molar-refractivity contribution in [2.24, 2.45) is 5.73 Å². The Hall–Kier alpha value is -2.57. The molecule has 3 unspecified atom stereocenters. The summed E-state index contributed by atoms with van der Waals surface area (Å²) in [6.07, 6.45) is -0.395. The normalized spacial score (nSPS) is 14.0. The fourth-order valence-corrected chi connectivity index (χ4v) is 3.62. The highest BCUT2D eigenvalue weighted by Crippen LogP contribution is 2.33. The molecule has 0 saturated heterocycles. The van der Waals surface area contributed by atoms with Gasteiger partial charge in [-0.15, -0.1) is 0 Å². The number of rotatable bonds is 10. The molecule has 0 aliphatic rings. The molecule has 0 radical (unpaired) electrons. The molecule has 0 bridgehead atoms. The molecule has 0 amide bonds. The van der Waals surface area contributed by atoms with Gasteiger partial charge < -0.3 is 25.4 Å². The van der Waals surface area contributed by atoms with Gasteiger partial charge in [-0.3, -0.25) is 0 Å². The third-order valence-corrected chi connectivity index (χ3v) is 5.42. The van der Waals surface area contributed by atoms with Crippen LogP contribution in [0.3, 0.4) is 0 Å². The predicted molar refractivity (Wildman–Crippen MR) is 123 cm³/mol. The molecular formula is C25H28ClNO4. The van der Waals surface area contributed by atoms with E-state index in [9.17, 15) is 5.11 Å². The lowest BCUT2D eigenvalue weighted by Crippen LogP contribution is -2.38. The fourth-order valence-electron chi connectivity index (χ4n) is 3.26. The van der Waals surface area contributed by atoms with Gasteiger partial charge in [-0.1, -0.05) is 61.0 Å². The average Bonchev–Trinajstić information content (AvgIpc) is 2.78. The Labute approximate surface area is 188 Å². The molecule has 0 spiro atoms. The number of hydrogen-bond donors (Lipinski definition) is 3. The summed E-state index contributed by atoms with van der Waals surface area (Å²) in [5, 5.41) is 19.7. The van der Waals surface area contributed by atoms with E-state index >= 15 is 0 Å². The lowest BCUT2D eigenvalue weighted by molar-refractivity contribution is 0.0965. The highest BCUT2D eigenvalue weighted by Gasteiger charge is 2.20. The molecule has 5 nitrogen and oxygen atoms in total. The molecule has 31 heavy (non-hydrogen) atoms. The summed E-state index contributed by atoms with van der Waals surface area (Å²) < 4.78 is 11.8. The minimum atomic E-state index is -0.800. The zero-order chi connectivity index (χ0) is 22.2. The van der Waals surface area contributed by atoms with Crippen LogP contribution in [0.15, 0.2) is 72.8 Å². The van der Waals surface area contributed by atoms with Crippen molar-refractivity contribution in [1.29, 1.82) is 0 Å². The molecule has 0 fully saturated rings. The van der Waals surface area contributed by atoms with Gasteiger partial charge in [0.1, 0.15) is 23.9 Å². The summed E-state index contributed by atoms with van der Waals surface area (Å²) in [5.74, 6) is 1.94. The molecule has 3 aromatic rings. The zero-order valence-electron chi connectivity index (χ0n) is 17.4. The first-order chi connectivity index (χ1) is 15.0. The minimum Gasteiger partial charge on any atom is -0.489 e. The second-order valence-corrected chi connectivity index (χ2v) is 7.99. The Morgan fingerprint density at radius 3 is 2.35 bits per heavy atom. The third kappa shape index (κ3) is 6.71. The second kappa shape index (κ2) is 11.2. The summed E-state index contributed by atoms with van der Waals surface area (Å²) in [5.41, 5.74) is 7.67. The number of aliphatic hydroxyl groups is 2. The van der Waals surface area contributed by atoms with Gasteiger partial charge in [0, 0.05) is 11.1 Å². The van der Waals surface area contributed by atoms with Crippen molar-refractivity contribution in [2.75, 3.05) is 6.61 Å². The van der Waals surface area contributed by atoms with E-state index in [1.54, 1.807) is 6.07 Å². The summed E-state index contributed by atoms with van der Waals surface area (Å²) in [4.78, 5) is 0. The molecule has 6 heteroatoms. The molecule has 0 aromatic heterocycles. The van der Waals surface area contributed by atoms with Crippen LogP contribution in [0.25, 0.3) is 0 Å². The molecule has 164 valence electrons. The van der Waals surface area contributed by atoms with Crippen LogP contribution < -0.4 is 15.2 Å². The number of ether oxygens (including phenoxy) is 2. The molecule has 0 heterocycles. The molecule has 0 aliphatic carbocycles. The monoisotopic (exact) mass is 441 g/mol. The molecule has 3 aromatic carbocycles. The summed E-state index contributed by atoms with van der Waals surface area (Å²) >= 11 is 6.47. The van der Waals surface area contributed by atoms with Crippen LogP contribution in [0.5, 0.6) is 17.2 Å². The van der Waals surface area contributed by atoms with Crippen LogP contribution in [0.2, 0.25) is 5.02 Å². The van der Waals surface area contributed by atoms with Crippen molar-refractivity contribution in [3.05, 3.63) is 88.9 Å². The van der Waals surface area contributed by atoms with E-state index in [1.807, 2.05) is 73.7 Å². The first-order valence-corrected chi connectivity index (χ1v) is 10.6. The van der Waals surface area contributed by atoms with E-state index < -0.39 is 12.1 Å². The van der Waals surface area contributed by atoms with Crippen molar-refractivity contribution in [3.8, 4) is 17.2 Å². The topological polar surface area (TPSA) is 84.9 Å². The Kier molecular flexibility index (Phi) is 8.32. The average molecular weight is 442 g/mol. The molecule has 4 N–H and O–H groups in total. The number of aliphatic hydroxyl groups excluding tert-OH is 2. The van der Waals surface area contributed by atoms with Crippen LogP contribution in [-0.4, -0.2) is 29.0 Å². The number of hydrogen-bond acceptors (Lipinski definition) is 5. The van der Waals surface area contributed by atoms with Crippen LogP contribution in [0.1, 0.15) is 30.4 Å². The largest absolute Gasteiger partial charge is 0.489 e. The van der Waals surface area contributed by atoms with Gasteiger partial charge in [-0.05, 0) is 47.7 Å². The van der Waals surface area contributed by atoms with Crippen LogP contribution >= 0.6 is 11.6 Å². The minimum absolute atomic E-state index is 0.0242. The lowest BCUT2D eigenvalue weighted by atomic mass is 9.92. The first kappa shape index (κ1) is 23.1. The van der Waals surface area contributed by atoms with Gasteiger partial charge in [0.25, 0.3) is 0 Å². The second-order valence-electron chi connectivity index (χ2n) is 7.59. The standard InChI is InChI=1S/C25H28ClNO4/c1-17(12-25(29)24(27)15-28)22-11-10-21(14-23(22)26)31-20-9-5-8-19(13-20)30-16-18-6-3-2-4-7-18/h2-11,13-14,17,24-25,28-29H,12,15-16,27H2,1H3. The first-order valence-electron chi connectivity index (χ1n) is 10.2. The quantitative estimate of drug-likeness (QED) is 0.417. The van der Waals surface area contributed by atoms with E-state index in [0.717, 1.165) is 11.1 Å². The third-order valence-electron chi connectivity index (χ3n) is 5.09. The van der Waals surface area contributed by atoms with Gasteiger partial charge in [-0.25, -0.2) is 0 Å². The van der Waals surface area contributed by atoms with Gasteiger partial charge in [0.05, 0.1) is 18.8 Å². The van der Waals surface area contributed by atoms with Gasteiger partial charge >= 0.3 is 0 Å². The lowest BCUT2D eigenvalue weighted by Gasteiger charge is -2.21. The number of nitrogens with two attached hydrogens (primary N) is 1. The molecule has 3 atom stereocenters. The number of benzene rings is 3. The maximum absolute atomic E-state index is 10.1. The van der Waals surface area contributed by atoms with Crippen molar-refractivity contribution in [2.45, 2.75) is 38.0 Å². The van der Waals surface area contributed by atoms with Gasteiger partial charge in [-0.2, -0.15) is 0 Å². The number of halogens is 1. The van der Waals surface area contributed by atoms with Gasteiger partial charge in [0.2, 0.25) is 0 Å². The van der Waals surface area contributed by atoms with Crippen molar-refractivity contribution < 1.29 is 19.7 Å². The van der Waals surface area contributed by atoms with Gasteiger partial charge in [0.15, 0.2) is 0 Å². The predicted octanol–water partition coefficient (Wildman–Crippen LogP) is 4.89. The van der Waals surface area contributed by atoms with Crippen LogP contribution in [-0.2, 0) is 6.61 Å². The Morgan fingerprint density at radius 2 is 1.65 bits per heavy atom. The van der Waals surface area contributed by atoms with Crippen molar-refractivity contribution in [3.63, 3.8) is 0 Å². The fraction of sp³-hybridized carbons (Fsp3) is 0.280. The summed E-state index contributed by atoms with van der Waals surface area (Å²) in [7, 11) is 0. The summed E-state index contributed by atoms with van der Waals surface area (Å²) in [6.45, 7) is 2.18. The SMILES string of the molecule is CC(CC(O)C(N)CO)c1ccc(Oc2cccc(OCc3ccccc3)c2)cc1Cl. The van der Waals surface area contributed by atoms with E-state index in [1.165, 1.54) is 0 Å². The van der Waals surface area contributed by atoms with E-state index in [0.29, 0.717) is 35.3 Å². The zero-order valence-corrected chi connectivity index (χ0v) is 18.2. The van der Waals surface area contributed by atoms with Crippen LogP contribution in [0, 0.1) is 0 Å². The Balaban J connectivity index is 1.63. The highest BCUT2D eigenvalue weighted by molar-refractivity contribution is 6.31. The van der Waals surface area contributed by atoms with E-state index in [-0.39, 0.29) is 12.5 Å². The van der Waals surface area contributed by atoms with Crippen LogP contribution in [0.4, 0.5) is 0 Å². The van der Waals surface area contributed by atoms with Crippen molar-refractivity contribution in [1.82, 2.24) is 0 Å². The molecule has 0 aliphatic heterocycles.